The Kier molecular flexibility index (Phi) is 3.10. The van der Waals surface area contributed by atoms with Crippen LogP contribution in [0.5, 0.6) is 0 Å². The van der Waals surface area contributed by atoms with Gasteiger partial charge in [-0.3, -0.25) is 0 Å². The molecule has 17 heavy (non-hydrogen) atoms. The second-order valence-corrected chi connectivity index (χ2v) is 3.50. The minimum absolute atomic E-state index is 0.0795. The van der Waals surface area contributed by atoms with Gasteiger partial charge >= 0.3 is 0 Å². The van der Waals surface area contributed by atoms with Gasteiger partial charge in [0.2, 0.25) is 5.95 Å². The van der Waals surface area contributed by atoms with Gasteiger partial charge in [-0.2, -0.15) is 9.65 Å². The van der Waals surface area contributed by atoms with Crippen LogP contribution >= 0.6 is 0 Å². The Morgan fingerprint density at radius 2 is 1.94 bits per heavy atom. The molecule has 84 valence electrons. The Hall–Kier alpha value is -2.28. The summed E-state index contributed by atoms with van der Waals surface area (Å²) in [6.45, 7) is 0. The fraction of sp³-hybridized carbons (Fsp3) is 0.0769. The van der Waals surface area contributed by atoms with Crippen LogP contribution in [0.3, 0.4) is 0 Å². The summed E-state index contributed by atoms with van der Waals surface area (Å²) < 4.78 is 27.0. The fourth-order valence-electron chi connectivity index (χ4n) is 1.55. The molecule has 1 heterocycles. The molecule has 4 heteroatoms. The molecule has 0 aliphatic carbocycles. The molecule has 0 N–H and O–H groups in total. The molecular formula is C13H8F2N2. The van der Waals surface area contributed by atoms with Gasteiger partial charge in [-0.25, -0.2) is 9.37 Å². The monoisotopic (exact) mass is 230 g/mol. The SMILES string of the molecule is N#CCc1cnc(F)c(-c2ccccc2F)c1. The zero-order chi connectivity index (χ0) is 12.3. The number of hydrogen-bond acceptors (Lipinski definition) is 2. The molecule has 0 saturated heterocycles. The summed E-state index contributed by atoms with van der Waals surface area (Å²) in [5.74, 6) is -1.25. The molecular weight excluding hydrogens is 222 g/mol. The molecule has 2 rings (SSSR count). The molecule has 0 amide bonds. The first kappa shape index (κ1) is 11.2. The van der Waals surface area contributed by atoms with E-state index < -0.39 is 11.8 Å². The van der Waals surface area contributed by atoms with E-state index in [-0.39, 0.29) is 17.5 Å². The quantitative estimate of drug-likeness (QED) is 0.743. The molecule has 0 fully saturated rings. The average molecular weight is 230 g/mol. The highest BCUT2D eigenvalue weighted by molar-refractivity contribution is 5.64. The van der Waals surface area contributed by atoms with Gasteiger partial charge in [-0.05, 0) is 17.7 Å². The molecule has 1 aromatic carbocycles. The minimum Gasteiger partial charge on any atom is -0.227 e. The molecule has 0 atom stereocenters. The first-order valence-corrected chi connectivity index (χ1v) is 4.98. The maximum Gasteiger partial charge on any atom is 0.220 e. The van der Waals surface area contributed by atoms with E-state index in [1.165, 1.54) is 30.5 Å². The van der Waals surface area contributed by atoms with Crippen LogP contribution in [0.15, 0.2) is 36.5 Å². The van der Waals surface area contributed by atoms with E-state index in [0.717, 1.165) is 0 Å². The molecule has 2 aromatic rings. The van der Waals surface area contributed by atoms with E-state index in [4.69, 9.17) is 5.26 Å². The third-order valence-corrected chi connectivity index (χ3v) is 2.34. The minimum atomic E-state index is -0.739. The highest BCUT2D eigenvalue weighted by Gasteiger charge is 2.11. The fourth-order valence-corrected chi connectivity index (χ4v) is 1.55. The normalized spacial score (nSPS) is 9.94. The number of pyridine rings is 1. The van der Waals surface area contributed by atoms with Crippen LogP contribution in [0.4, 0.5) is 8.78 Å². The Morgan fingerprint density at radius 1 is 1.18 bits per heavy atom. The maximum absolute atomic E-state index is 13.5. The smallest absolute Gasteiger partial charge is 0.220 e. The molecule has 0 unspecified atom stereocenters. The van der Waals surface area contributed by atoms with Crippen LogP contribution in [0.1, 0.15) is 5.56 Å². The number of hydrogen-bond donors (Lipinski definition) is 0. The second kappa shape index (κ2) is 4.71. The first-order valence-electron chi connectivity index (χ1n) is 4.98. The van der Waals surface area contributed by atoms with Gasteiger partial charge in [0.25, 0.3) is 0 Å². The summed E-state index contributed by atoms with van der Waals surface area (Å²) in [6.07, 6.45) is 1.40. The molecule has 0 aliphatic rings. The van der Waals surface area contributed by atoms with Crippen LogP contribution in [-0.4, -0.2) is 4.98 Å². The van der Waals surface area contributed by atoms with Crippen molar-refractivity contribution in [2.45, 2.75) is 6.42 Å². The number of aromatic nitrogens is 1. The predicted molar refractivity (Wildman–Crippen MR) is 58.9 cm³/mol. The van der Waals surface area contributed by atoms with E-state index in [1.54, 1.807) is 6.07 Å². The summed E-state index contributed by atoms with van der Waals surface area (Å²) in [5.41, 5.74) is 0.792. The highest BCUT2D eigenvalue weighted by atomic mass is 19.1. The third kappa shape index (κ3) is 2.28. The lowest BCUT2D eigenvalue weighted by molar-refractivity contribution is 0.582. The van der Waals surface area contributed by atoms with Crippen LogP contribution < -0.4 is 0 Å². The van der Waals surface area contributed by atoms with Crippen molar-refractivity contribution in [1.29, 1.82) is 5.26 Å². The zero-order valence-corrected chi connectivity index (χ0v) is 8.82. The number of nitrogens with zero attached hydrogens (tertiary/aromatic N) is 2. The van der Waals surface area contributed by atoms with E-state index in [2.05, 4.69) is 4.98 Å². The van der Waals surface area contributed by atoms with Crippen molar-refractivity contribution in [2.75, 3.05) is 0 Å². The van der Waals surface area contributed by atoms with E-state index in [1.807, 2.05) is 6.07 Å². The maximum atomic E-state index is 13.5. The number of benzene rings is 1. The predicted octanol–water partition coefficient (Wildman–Crippen LogP) is 3.09. The lowest BCUT2D eigenvalue weighted by atomic mass is 10.0. The van der Waals surface area contributed by atoms with Gasteiger partial charge < -0.3 is 0 Å². The van der Waals surface area contributed by atoms with E-state index >= 15 is 0 Å². The van der Waals surface area contributed by atoms with Gasteiger partial charge in [0.1, 0.15) is 5.82 Å². The average Bonchev–Trinajstić information content (AvgIpc) is 2.33. The Balaban J connectivity index is 2.55. The third-order valence-electron chi connectivity index (χ3n) is 2.34. The Morgan fingerprint density at radius 3 is 2.65 bits per heavy atom. The molecule has 1 aromatic heterocycles. The van der Waals surface area contributed by atoms with Crippen molar-refractivity contribution in [1.82, 2.24) is 4.98 Å². The number of nitriles is 1. The standard InChI is InChI=1S/C13H8F2N2/c14-12-4-2-1-3-10(12)11-7-9(5-6-16)8-17-13(11)15/h1-4,7-8H,5H2. The van der Waals surface area contributed by atoms with Crippen molar-refractivity contribution in [3.05, 3.63) is 53.9 Å². The van der Waals surface area contributed by atoms with Crippen LogP contribution in [0.25, 0.3) is 11.1 Å². The molecule has 0 aliphatic heterocycles. The Labute approximate surface area is 97.2 Å². The van der Waals surface area contributed by atoms with Gasteiger partial charge in [0.15, 0.2) is 0 Å². The van der Waals surface area contributed by atoms with Crippen LogP contribution in [0.2, 0.25) is 0 Å². The van der Waals surface area contributed by atoms with Crippen molar-refractivity contribution in [3.8, 4) is 17.2 Å². The highest BCUT2D eigenvalue weighted by Crippen LogP contribution is 2.25. The summed E-state index contributed by atoms with van der Waals surface area (Å²) >= 11 is 0. The van der Waals surface area contributed by atoms with E-state index in [9.17, 15) is 8.78 Å². The summed E-state index contributed by atoms with van der Waals surface area (Å²) in [5, 5.41) is 8.56. The van der Waals surface area contributed by atoms with Crippen molar-refractivity contribution in [3.63, 3.8) is 0 Å². The lowest BCUT2D eigenvalue weighted by Crippen LogP contribution is -1.94. The Bertz CT molecular complexity index is 588. The first-order chi connectivity index (χ1) is 8.22. The van der Waals surface area contributed by atoms with Crippen molar-refractivity contribution in [2.24, 2.45) is 0 Å². The molecule has 0 radical (unpaired) electrons. The second-order valence-electron chi connectivity index (χ2n) is 3.50. The largest absolute Gasteiger partial charge is 0.227 e. The summed E-state index contributed by atoms with van der Waals surface area (Å²) in [6, 6.07) is 9.27. The van der Waals surface area contributed by atoms with Gasteiger partial charge in [0, 0.05) is 17.3 Å². The summed E-state index contributed by atoms with van der Waals surface area (Å²) in [7, 11) is 0. The van der Waals surface area contributed by atoms with Crippen molar-refractivity contribution >= 4 is 0 Å². The summed E-state index contributed by atoms with van der Waals surface area (Å²) in [4.78, 5) is 3.53. The van der Waals surface area contributed by atoms with E-state index in [0.29, 0.717) is 5.56 Å². The molecule has 0 spiro atoms. The van der Waals surface area contributed by atoms with Gasteiger partial charge in [0.05, 0.1) is 12.5 Å². The van der Waals surface area contributed by atoms with Gasteiger partial charge in [-0.1, -0.05) is 18.2 Å². The number of rotatable bonds is 2. The molecule has 2 nitrogen and oxygen atoms in total. The topological polar surface area (TPSA) is 36.7 Å². The van der Waals surface area contributed by atoms with Crippen molar-refractivity contribution < 1.29 is 8.78 Å². The molecule has 0 saturated carbocycles. The lowest BCUT2D eigenvalue weighted by Gasteiger charge is -2.05. The zero-order valence-electron chi connectivity index (χ0n) is 8.82. The number of halogens is 2. The van der Waals surface area contributed by atoms with Crippen LogP contribution in [-0.2, 0) is 6.42 Å². The molecule has 0 bridgehead atoms. The van der Waals surface area contributed by atoms with Crippen LogP contribution in [0, 0.1) is 23.1 Å². The van der Waals surface area contributed by atoms with Gasteiger partial charge in [-0.15, -0.1) is 0 Å².